The molecule has 0 fully saturated rings. The summed E-state index contributed by atoms with van der Waals surface area (Å²) in [6.07, 6.45) is 0.937. The largest absolute Gasteiger partial charge is 0.310 e. The first-order valence-corrected chi connectivity index (χ1v) is 22.2. The average molecular weight is 803 g/mol. The lowest BCUT2D eigenvalue weighted by Crippen LogP contribution is -2.33. The second kappa shape index (κ2) is 13.8. The summed E-state index contributed by atoms with van der Waals surface area (Å²) in [6, 6.07) is 83.7. The monoisotopic (exact) mass is 802 g/mol. The van der Waals surface area contributed by atoms with E-state index >= 15 is 0 Å². The zero-order valence-corrected chi connectivity index (χ0v) is 35.0. The van der Waals surface area contributed by atoms with Crippen molar-refractivity contribution in [3.8, 4) is 39.1 Å². The van der Waals surface area contributed by atoms with Gasteiger partial charge >= 0.3 is 0 Å². The predicted molar refractivity (Wildman–Crippen MR) is 264 cm³/mol. The Kier molecular flexibility index (Phi) is 7.83. The smallest absolute Gasteiger partial charge is 0.0729 e. The van der Waals surface area contributed by atoms with Gasteiger partial charge < -0.3 is 9.47 Å². The van der Waals surface area contributed by atoms with E-state index in [1.165, 1.54) is 93.8 Å². The number of anilines is 3. The fourth-order valence-corrected chi connectivity index (χ4v) is 11.4. The summed E-state index contributed by atoms with van der Waals surface area (Å²) in [7, 11) is 0. The van der Waals surface area contributed by atoms with E-state index in [9.17, 15) is 0 Å². The summed E-state index contributed by atoms with van der Waals surface area (Å²) in [5.74, 6) is 0. The standard InChI is InChI=1S/C61H42N2/c1-2-40-32-33-42-20-17-27-52-48-25-10-14-29-54(48)61(60(40)59(42)52)53-28-13-9-24-47(53)49-36-34-44(38-55(49)61)62(56-30-15-11-23-46(56)41-18-5-3-6-19-41)45-35-37-51-50-26-12-16-31-57(50)63(58(51)39-45)43-21-7-4-8-22-43/h3-39H,2H2,1H3. The molecule has 296 valence electrons. The van der Waals surface area contributed by atoms with Crippen LogP contribution in [-0.4, -0.2) is 4.57 Å². The highest BCUT2D eigenvalue weighted by Crippen LogP contribution is 2.63. The van der Waals surface area contributed by atoms with Crippen LogP contribution in [0.4, 0.5) is 17.1 Å². The molecule has 11 aromatic rings. The van der Waals surface area contributed by atoms with Crippen molar-refractivity contribution in [1.29, 1.82) is 0 Å². The minimum Gasteiger partial charge on any atom is -0.310 e. The molecule has 0 N–H and O–H groups in total. The lowest BCUT2D eigenvalue weighted by molar-refractivity contribution is 0.759. The molecule has 0 aliphatic heterocycles. The molecule has 13 rings (SSSR count). The van der Waals surface area contributed by atoms with Crippen LogP contribution in [0.1, 0.15) is 34.7 Å². The summed E-state index contributed by atoms with van der Waals surface area (Å²) >= 11 is 0. The van der Waals surface area contributed by atoms with E-state index in [-0.39, 0.29) is 0 Å². The highest BCUT2D eigenvalue weighted by Gasteiger charge is 2.51. The van der Waals surface area contributed by atoms with Gasteiger partial charge in [0, 0.05) is 33.4 Å². The Morgan fingerprint density at radius 3 is 1.83 bits per heavy atom. The minimum absolute atomic E-state index is 0.536. The Morgan fingerprint density at radius 2 is 1.03 bits per heavy atom. The van der Waals surface area contributed by atoms with Crippen LogP contribution in [0.15, 0.2) is 224 Å². The molecule has 2 aliphatic carbocycles. The molecule has 2 nitrogen and oxygen atoms in total. The molecule has 1 atom stereocenters. The number of aromatic nitrogens is 1. The number of para-hydroxylation sites is 3. The molecule has 0 saturated heterocycles. The van der Waals surface area contributed by atoms with Crippen LogP contribution in [0.3, 0.4) is 0 Å². The van der Waals surface area contributed by atoms with Crippen LogP contribution in [0.5, 0.6) is 0 Å². The highest BCUT2D eigenvalue weighted by molar-refractivity contribution is 6.11. The summed E-state index contributed by atoms with van der Waals surface area (Å²) in [5.41, 5.74) is 20.7. The van der Waals surface area contributed by atoms with E-state index < -0.39 is 5.41 Å². The quantitative estimate of drug-likeness (QED) is 0.163. The second-order valence-electron chi connectivity index (χ2n) is 17.0. The third kappa shape index (κ3) is 5.01. The molecular weight excluding hydrogens is 761 g/mol. The lowest BCUT2D eigenvalue weighted by Gasteiger charge is -2.41. The topological polar surface area (TPSA) is 8.17 Å². The Morgan fingerprint density at radius 1 is 0.429 bits per heavy atom. The molecule has 1 aromatic heterocycles. The summed E-state index contributed by atoms with van der Waals surface area (Å²) in [5, 5.41) is 5.13. The first-order valence-electron chi connectivity index (χ1n) is 22.2. The molecule has 10 aromatic carbocycles. The summed E-state index contributed by atoms with van der Waals surface area (Å²) in [6.45, 7) is 2.32. The van der Waals surface area contributed by atoms with Crippen molar-refractivity contribution in [3.05, 3.63) is 252 Å². The van der Waals surface area contributed by atoms with E-state index in [0.29, 0.717) is 0 Å². The number of benzene rings is 10. The summed E-state index contributed by atoms with van der Waals surface area (Å²) < 4.78 is 2.42. The van der Waals surface area contributed by atoms with Gasteiger partial charge in [0.1, 0.15) is 0 Å². The van der Waals surface area contributed by atoms with Gasteiger partial charge in [-0.25, -0.2) is 0 Å². The Balaban J connectivity index is 1.14. The SMILES string of the molecule is CCc1ccc2cccc3c2c1C1(c2ccccc2-c2ccc(N(c4ccc5c6ccccc6n(-c6ccccc6)c5c4)c4ccccc4-c4ccccc4)cc21)c1ccccc1-3. The van der Waals surface area contributed by atoms with E-state index in [2.05, 4.69) is 241 Å². The molecule has 1 unspecified atom stereocenters. The Labute approximate surface area is 367 Å². The van der Waals surface area contributed by atoms with Gasteiger partial charge in [-0.3, -0.25) is 0 Å². The van der Waals surface area contributed by atoms with Crippen molar-refractivity contribution in [3.63, 3.8) is 0 Å². The zero-order valence-electron chi connectivity index (χ0n) is 35.0. The molecule has 0 saturated carbocycles. The van der Waals surface area contributed by atoms with Gasteiger partial charge in [0.2, 0.25) is 0 Å². The number of hydrogen-bond donors (Lipinski definition) is 0. The van der Waals surface area contributed by atoms with Gasteiger partial charge in [-0.15, -0.1) is 0 Å². The second-order valence-corrected chi connectivity index (χ2v) is 17.0. The van der Waals surface area contributed by atoms with Gasteiger partial charge in [-0.1, -0.05) is 183 Å². The summed E-state index contributed by atoms with van der Waals surface area (Å²) in [4.78, 5) is 2.51. The van der Waals surface area contributed by atoms with Crippen LogP contribution in [0.25, 0.3) is 71.6 Å². The van der Waals surface area contributed by atoms with Gasteiger partial charge in [0.15, 0.2) is 0 Å². The molecule has 1 spiro atoms. The van der Waals surface area contributed by atoms with Crippen molar-refractivity contribution < 1.29 is 0 Å². The zero-order chi connectivity index (χ0) is 41.6. The Bertz CT molecular complexity index is 3620. The number of aryl methyl sites for hydroxylation is 1. The number of rotatable bonds is 6. The van der Waals surface area contributed by atoms with Crippen molar-refractivity contribution in [2.75, 3.05) is 4.90 Å². The van der Waals surface area contributed by atoms with Crippen LogP contribution in [0, 0.1) is 0 Å². The van der Waals surface area contributed by atoms with Gasteiger partial charge in [0.25, 0.3) is 0 Å². The van der Waals surface area contributed by atoms with Crippen molar-refractivity contribution in [2.24, 2.45) is 0 Å². The molecule has 63 heavy (non-hydrogen) atoms. The predicted octanol–water partition coefficient (Wildman–Crippen LogP) is 16.0. The maximum absolute atomic E-state index is 2.54. The van der Waals surface area contributed by atoms with Crippen molar-refractivity contribution in [1.82, 2.24) is 4.57 Å². The van der Waals surface area contributed by atoms with E-state index in [4.69, 9.17) is 0 Å². The molecule has 2 heteroatoms. The first-order chi connectivity index (χ1) is 31.2. The average Bonchev–Trinajstić information content (AvgIpc) is 3.84. The molecule has 0 radical (unpaired) electrons. The molecular formula is C61H42N2. The van der Waals surface area contributed by atoms with Gasteiger partial charge in [-0.05, 0) is 121 Å². The third-order valence-corrected chi connectivity index (χ3v) is 14.0. The van der Waals surface area contributed by atoms with E-state index in [1.807, 2.05) is 0 Å². The fraction of sp³-hybridized carbons (Fsp3) is 0.0492. The van der Waals surface area contributed by atoms with Crippen molar-refractivity contribution >= 4 is 49.6 Å². The third-order valence-electron chi connectivity index (χ3n) is 14.0. The normalized spacial score (nSPS) is 14.6. The maximum Gasteiger partial charge on any atom is 0.0729 e. The van der Waals surface area contributed by atoms with Gasteiger partial charge in [0.05, 0.1) is 22.1 Å². The number of fused-ring (bicyclic) bond motifs is 12. The van der Waals surface area contributed by atoms with Crippen molar-refractivity contribution in [2.45, 2.75) is 18.8 Å². The van der Waals surface area contributed by atoms with Crippen LogP contribution in [0.2, 0.25) is 0 Å². The number of hydrogen-bond acceptors (Lipinski definition) is 1. The first kappa shape index (κ1) is 35.8. The highest BCUT2D eigenvalue weighted by atomic mass is 15.1. The Hall–Kier alpha value is -7.94. The number of nitrogens with zero attached hydrogens (tertiary/aromatic N) is 2. The molecule has 2 aliphatic rings. The molecule has 1 heterocycles. The fourth-order valence-electron chi connectivity index (χ4n) is 11.4. The van der Waals surface area contributed by atoms with Gasteiger partial charge in [-0.2, -0.15) is 0 Å². The van der Waals surface area contributed by atoms with Crippen LogP contribution in [-0.2, 0) is 11.8 Å². The van der Waals surface area contributed by atoms with Crippen LogP contribution >= 0.6 is 0 Å². The lowest BCUT2D eigenvalue weighted by atomic mass is 9.60. The van der Waals surface area contributed by atoms with Crippen LogP contribution < -0.4 is 4.90 Å². The molecule has 0 bridgehead atoms. The minimum atomic E-state index is -0.536. The van der Waals surface area contributed by atoms with E-state index in [0.717, 1.165) is 29.2 Å². The molecule has 0 amide bonds. The van der Waals surface area contributed by atoms with E-state index in [1.54, 1.807) is 0 Å². The maximum atomic E-state index is 2.54.